The van der Waals surface area contributed by atoms with Gasteiger partial charge in [0.1, 0.15) is 5.82 Å². The molecule has 0 unspecified atom stereocenters. The van der Waals surface area contributed by atoms with Crippen molar-refractivity contribution in [3.63, 3.8) is 0 Å². The second kappa shape index (κ2) is 6.50. The number of aryl methyl sites for hydroxylation is 2. The molecule has 0 saturated carbocycles. The van der Waals surface area contributed by atoms with E-state index < -0.39 is 0 Å². The fourth-order valence-electron chi connectivity index (χ4n) is 2.49. The second-order valence-corrected chi connectivity index (χ2v) is 6.04. The number of benzene rings is 1. The van der Waals surface area contributed by atoms with E-state index in [2.05, 4.69) is 37.5 Å². The molecule has 23 heavy (non-hydrogen) atoms. The van der Waals surface area contributed by atoms with Gasteiger partial charge < -0.3 is 4.57 Å². The third kappa shape index (κ3) is 2.99. The van der Waals surface area contributed by atoms with Crippen molar-refractivity contribution in [1.29, 1.82) is 0 Å². The van der Waals surface area contributed by atoms with Gasteiger partial charge in [-0.05, 0) is 37.3 Å². The van der Waals surface area contributed by atoms with Gasteiger partial charge in [0.25, 0.3) is 5.56 Å². The van der Waals surface area contributed by atoms with Crippen molar-refractivity contribution in [3.8, 4) is 0 Å². The van der Waals surface area contributed by atoms with Crippen LogP contribution in [0.2, 0.25) is 0 Å². The largest absolute Gasteiger partial charge is 0.347 e. The van der Waals surface area contributed by atoms with Crippen LogP contribution in [0.15, 0.2) is 50.9 Å². The Kier molecular flexibility index (Phi) is 4.43. The molecule has 5 nitrogen and oxygen atoms in total. The molecule has 3 rings (SSSR count). The molecular weight excluding hydrogens is 356 g/mol. The predicted octanol–water partition coefficient (Wildman–Crippen LogP) is 3.43. The number of fused-ring (bicyclic) bond motifs is 1. The van der Waals surface area contributed by atoms with Crippen molar-refractivity contribution < 1.29 is 0 Å². The van der Waals surface area contributed by atoms with E-state index in [9.17, 15) is 4.79 Å². The summed E-state index contributed by atoms with van der Waals surface area (Å²) in [6.45, 7) is 4.89. The van der Waals surface area contributed by atoms with Crippen LogP contribution >= 0.6 is 15.9 Å². The molecule has 6 heteroatoms. The average molecular weight is 373 g/mol. The fourth-order valence-corrected chi connectivity index (χ4v) is 2.85. The zero-order chi connectivity index (χ0) is 16.4. The van der Waals surface area contributed by atoms with Gasteiger partial charge in [-0.1, -0.05) is 22.9 Å². The molecule has 3 aromatic rings. The highest BCUT2D eigenvalue weighted by atomic mass is 79.9. The molecule has 0 aliphatic heterocycles. The lowest BCUT2D eigenvalue weighted by Gasteiger charge is -2.08. The Morgan fingerprint density at radius 2 is 2.13 bits per heavy atom. The van der Waals surface area contributed by atoms with Crippen LogP contribution in [-0.2, 0) is 13.0 Å². The maximum Gasteiger partial charge on any atom is 0.282 e. The van der Waals surface area contributed by atoms with Gasteiger partial charge >= 0.3 is 0 Å². The molecule has 0 fully saturated rings. The fraction of sp³-hybridized carbons (Fsp3) is 0.235. The van der Waals surface area contributed by atoms with E-state index >= 15 is 0 Å². The van der Waals surface area contributed by atoms with Crippen LogP contribution in [0.3, 0.4) is 0 Å². The number of nitrogens with zero attached hydrogens (tertiary/aromatic N) is 4. The first-order chi connectivity index (χ1) is 11.1. The molecule has 2 aromatic heterocycles. The topological polar surface area (TPSA) is 52.2 Å². The van der Waals surface area contributed by atoms with E-state index in [1.54, 1.807) is 12.3 Å². The molecule has 0 N–H and O–H groups in total. The summed E-state index contributed by atoms with van der Waals surface area (Å²) in [5.41, 5.74) is 1.49. The molecular formula is C17H17BrN4O. The Morgan fingerprint density at radius 3 is 2.87 bits per heavy atom. The highest BCUT2D eigenvalue weighted by molar-refractivity contribution is 9.10. The van der Waals surface area contributed by atoms with Crippen LogP contribution in [0.4, 0.5) is 0 Å². The van der Waals surface area contributed by atoms with E-state index in [1.165, 1.54) is 4.68 Å². The smallest absolute Gasteiger partial charge is 0.282 e. The number of hydrogen-bond acceptors (Lipinski definition) is 3. The van der Waals surface area contributed by atoms with Crippen molar-refractivity contribution in [2.24, 2.45) is 5.10 Å². The highest BCUT2D eigenvalue weighted by Crippen LogP contribution is 2.16. The first kappa shape index (κ1) is 15.7. The summed E-state index contributed by atoms with van der Waals surface area (Å²) in [6.07, 6.45) is 4.32. The van der Waals surface area contributed by atoms with Crippen molar-refractivity contribution in [2.75, 3.05) is 0 Å². The summed E-state index contributed by atoms with van der Waals surface area (Å²) in [5, 5.41) is 4.94. The first-order valence-corrected chi connectivity index (χ1v) is 8.34. The highest BCUT2D eigenvalue weighted by Gasteiger charge is 2.09. The maximum atomic E-state index is 12.8. The lowest BCUT2D eigenvalue weighted by molar-refractivity contribution is 0.728. The Balaban J connectivity index is 2.16. The van der Waals surface area contributed by atoms with Crippen molar-refractivity contribution in [3.05, 3.63) is 62.9 Å². The Labute approximate surface area is 142 Å². The molecule has 0 amide bonds. The average Bonchev–Trinajstić information content (AvgIpc) is 3.01. The third-order valence-corrected chi connectivity index (χ3v) is 4.20. The van der Waals surface area contributed by atoms with Crippen LogP contribution in [0.25, 0.3) is 10.9 Å². The first-order valence-electron chi connectivity index (χ1n) is 7.54. The lowest BCUT2D eigenvalue weighted by atomic mass is 10.2. The van der Waals surface area contributed by atoms with Gasteiger partial charge in [-0.15, -0.1) is 0 Å². The number of rotatable bonds is 4. The van der Waals surface area contributed by atoms with Gasteiger partial charge in [0.05, 0.1) is 22.8 Å². The van der Waals surface area contributed by atoms with E-state index in [0.29, 0.717) is 23.1 Å². The van der Waals surface area contributed by atoms with Crippen LogP contribution in [0.1, 0.15) is 25.4 Å². The van der Waals surface area contributed by atoms with Crippen LogP contribution in [0, 0.1) is 0 Å². The summed E-state index contributed by atoms with van der Waals surface area (Å²) < 4.78 is 4.30. The molecule has 118 valence electrons. The standard InChI is InChI=1S/C17H17BrN4O/c1-3-16-20-15-8-7-12(18)10-14(15)17(23)22(16)19-11-13-6-5-9-21(13)4-2/h5-11H,3-4H2,1-2H3. The van der Waals surface area contributed by atoms with Gasteiger partial charge in [-0.25, -0.2) is 4.98 Å². The number of hydrogen-bond donors (Lipinski definition) is 0. The van der Waals surface area contributed by atoms with E-state index in [-0.39, 0.29) is 5.56 Å². The van der Waals surface area contributed by atoms with Crippen molar-refractivity contribution in [2.45, 2.75) is 26.8 Å². The molecule has 2 heterocycles. The number of halogens is 1. The third-order valence-electron chi connectivity index (χ3n) is 3.70. The molecule has 0 atom stereocenters. The zero-order valence-electron chi connectivity index (χ0n) is 13.0. The van der Waals surface area contributed by atoms with Crippen molar-refractivity contribution >= 4 is 33.0 Å². The van der Waals surface area contributed by atoms with Crippen LogP contribution in [0.5, 0.6) is 0 Å². The van der Waals surface area contributed by atoms with Gasteiger partial charge in [-0.3, -0.25) is 4.79 Å². The molecule has 1 aromatic carbocycles. The molecule has 0 spiro atoms. The minimum Gasteiger partial charge on any atom is -0.347 e. The summed E-state index contributed by atoms with van der Waals surface area (Å²) in [7, 11) is 0. The lowest BCUT2D eigenvalue weighted by Crippen LogP contribution is -2.22. The Hall–Kier alpha value is -2.21. The maximum absolute atomic E-state index is 12.8. The van der Waals surface area contributed by atoms with Gasteiger partial charge in [0.2, 0.25) is 0 Å². The molecule has 0 saturated heterocycles. The molecule has 0 aliphatic rings. The SMILES string of the molecule is CCc1nc2ccc(Br)cc2c(=O)n1N=Cc1cccn1CC. The molecule has 0 aliphatic carbocycles. The molecule has 0 radical (unpaired) electrons. The van der Waals surface area contributed by atoms with Gasteiger partial charge in [-0.2, -0.15) is 9.78 Å². The molecule has 0 bridgehead atoms. The summed E-state index contributed by atoms with van der Waals surface area (Å²) >= 11 is 3.40. The monoisotopic (exact) mass is 372 g/mol. The second-order valence-electron chi connectivity index (χ2n) is 5.12. The Morgan fingerprint density at radius 1 is 1.30 bits per heavy atom. The van der Waals surface area contributed by atoms with Crippen molar-refractivity contribution in [1.82, 2.24) is 14.2 Å². The minimum atomic E-state index is -0.154. The zero-order valence-corrected chi connectivity index (χ0v) is 14.6. The van der Waals surface area contributed by atoms with E-state index in [4.69, 9.17) is 0 Å². The summed E-state index contributed by atoms with van der Waals surface area (Å²) in [5.74, 6) is 0.649. The Bertz CT molecular complexity index is 939. The van der Waals surface area contributed by atoms with Gasteiger partial charge in [0, 0.05) is 23.6 Å². The normalized spacial score (nSPS) is 11.6. The van der Waals surface area contributed by atoms with Crippen LogP contribution < -0.4 is 5.56 Å². The predicted molar refractivity (Wildman–Crippen MR) is 96.2 cm³/mol. The van der Waals surface area contributed by atoms with Gasteiger partial charge in [0.15, 0.2) is 0 Å². The summed E-state index contributed by atoms with van der Waals surface area (Å²) in [4.78, 5) is 17.3. The van der Waals surface area contributed by atoms with Crippen LogP contribution in [-0.4, -0.2) is 20.4 Å². The van der Waals surface area contributed by atoms with E-state index in [1.807, 2.05) is 37.4 Å². The summed E-state index contributed by atoms with van der Waals surface area (Å²) in [6, 6.07) is 9.44. The quantitative estimate of drug-likeness (QED) is 0.658. The van der Waals surface area contributed by atoms with E-state index in [0.717, 1.165) is 16.7 Å². The number of aromatic nitrogens is 3. The minimum absolute atomic E-state index is 0.154.